The van der Waals surface area contributed by atoms with Crippen LogP contribution < -0.4 is 0 Å². The first kappa shape index (κ1) is 54.1. The van der Waals surface area contributed by atoms with Crippen LogP contribution in [-0.2, 0) is 28.5 Å². The molecule has 0 aromatic heterocycles. The lowest BCUT2D eigenvalue weighted by molar-refractivity contribution is -0.305. The van der Waals surface area contributed by atoms with E-state index in [9.17, 15) is 30.0 Å². The van der Waals surface area contributed by atoms with Crippen molar-refractivity contribution in [2.45, 2.75) is 160 Å². The SMILES string of the molecule is CC/C=C/C=C/C=C/C=C/CCCCCC(=O)OC(COC(=O)CCCCC/C=C/C/C=C/C/C=C/C/C=C/C/C=C/C/C=C/CC)CO[C@H]1O[C@@H](CO)[C@@H](O)C(O)C1O. The van der Waals surface area contributed by atoms with Crippen LogP contribution in [0.2, 0.25) is 0 Å². The highest BCUT2D eigenvalue weighted by atomic mass is 16.7. The summed E-state index contributed by atoms with van der Waals surface area (Å²) in [6.07, 6.45) is 47.8. The fraction of sp³-hybridized carbons (Fsp3) is 0.560. The second-order valence-electron chi connectivity index (χ2n) is 14.5. The minimum atomic E-state index is -1.62. The van der Waals surface area contributed by atoms with Crippen molar-refractivity contribution in [2.75, 3.05) is 19.8 Å². The third-order valence-corrected chi connectivity index (χ3v) is 9.19. The van der Waals surface area contributed by atoms with E-state index in [1.807, 2.05) is 36.5 Å². The van der Waals surface area contributed by atoms with Crippen LogP contribution in [-0.4, -0.2) is 89.0 Å². The van der Waals surface area contributed by atoms with Gasteiger partial charge in [-0.2, -0.15) is 0 Å². The van der Waals surface area contributed by atoms with Gasteiger partial charge in [-0.05, 0) is 83.5 Å². The number of unbranched alkanes of at least 4 members (excludes halogenated alkanes) is 6. The molecule has 0 saturated carbocycles. The van der Waals surface area contributed by atoms with Gasteiger partial charge in [-0.25, -0.2) is 0 Å². The molecule has 3 unspecified atom stereocenters. The molecule has 1 saturated heterocycles. The van der Waals surface area contributed by atoms with Crippen LogP contribution in [0.3, 0.4) is 0 Å². The normalized spacial score (nSPS) is 21.1. The van der Waals surface area contributed by atoms with Gasteiger partial charge < -0.3 is 39.4 Å². The average Bonchev–Trinajstić information content (AvgIpc) is 3.25. The molecule has 1 aliphatic heterocycles. The van der Waals surface area contributed by atoms with Gasteiger partial charge in [0.2, 0.25) is 0 Å². The van der Waals surface area contributed by atoms with E-state index in [0.29, 0.717) is 12.8 Å². The monoisotopic (exact) mass is 837 g/mol. The Morgan fingerprint density at radius 2 is 1.02 bits per heavy atom. The Bertz CT molecular complexity index is 1380. The van der Waals surface area contributed by atoms with Crippen LogP contribution in [0.15, 0.2) is 122 Å². The summed E-state index contributed by atoms with van der Waals surface area (Å²) in [7, 11) is 0. The zero-order valence-electron chi connectivity index (χ0n) is 36.4. The number of hydrogen-bond donors (Lipinski definition) is 4. The van der Waals surface area contributed by atoms with Gasteiger partial charge in [0, 0.05) is 12.8 Å². The highest BCUT2D eigenvalue weighted by molar-refractivity contribution is 5.70. The maximum Gasteiger partial charge on any atom is 0.306 e. The molecule has 0 amide bonds. The summed E-state index contributed by atoms with van der Waals surface area (Å²) in [5.41, 5.74) is 0. The zero-order chi connectivity index (χ0) is 43.7. The van der Waals surface area contributed by atoms with Crippen molar-refractivity contribution < 1.29 is 49.0 Å². The van der Waals surface area contributed by atoms with Gasteiger partial charge in [0.15, 0.2) is 12.4 Å². The van der Waals surface area contributed by atoms with Crippen molar-refractivity contribution in [3.8, 4) is 0 Å². The van der Waals surface area contributed by atoms with Crippen LogP contribution >= 0.6 is 0 Å². The molecule has 0 aromatic carbocycles. The van der Waals surface area contributed by atoms with Gasteiger partial charge in [0.05, 0.1) is 13.2 Å². The van der Waals surface area contributed by atoms with E-state index in [4.69, 9.17) is 18.9 Å². The van der Waals surface area contributed by atoms with Gasteiger partial charge in [-0.15, -0.1) is 0 Å². The van der Waals surface area contributed by atoms with E-state index in [2.05, 4.69) is 98.9 Å². The lowest BCUT2D eigenvalue weighted by Gasteiger charge is -2.39. The molecular weight excluding hydrogens is 761 g/mol. The van der Waals surface area contributed by atoms with Gasteiger partial charge in [-0.3, -0.25) is 9.59 Å². The summed E-state index contributed by atoms with van der Waals surface area (Å²) in [5.74, 6) is -0.907. The van der Waals surface area contributed by atoms with E-state index >= 15 is 0 Å². The minimum absolute atomic E-state index is 0.168. The fourth-order valence-corrected chi connectivity index (χ4v) is 5.73. The first-order valence-corrected chi connectivity index (χ1v) is 22.2. The summed E-state index contributed by atoms with van der Waals surface area (Å²) in [6.45, 7) is 3.05. The third kappa shape index (κ3) is 30.2. The number of rotatable bonds is 34. The fourth-order valence-electron chi connectivity index (χ4n) is 5.73. The van der Waals surface area contributed by atoms with Crippen molar-refractivity contribution in [1.29, 1.82) is 0 Å². The number of hydrogen-bond acceptors (Lipinski definition) is 10. The number of allylic oxidation sites excluding steroid dienone is 20. The predicted molar refractivity (Wildman–Crippen MR) is 242 cm³/mol. The summed E-state index contributed by atoms with van der Waals surface area (Å²) < 4.78 is 22.1. The summed E-state index contributed by atoms with van der Waals surface area (Å²) in [5, 5.41) is 40.0. The number of esters is 2. The molecule has 10 heteroatoms. The van der Waals surface area contributed by atoms with E-state index in [-0.39, 0.29) is 26.1 Å². The highest BCUT2D eigenvalue weighted by Gasteiger charge is 2.44. The molecule has 336 valence electrons. The molecule has 0 bridgehead atoms. The molecule has 0 spiro atoms. The molecule has 0 aliphatic carbocycles. The third-order valence-electron chi connectivity index (χ3n) is 9.19. The lowest BCUT2D eigenvalue weighted by Crippen LogP contribution is -2.59. The Kier molecular flexibility index (Phi) is 35.4. The molecule has 10 nitrogen and oxygen atoms in total. The first-order chi connectivity index (χ1) is 29.3. The first-order valence-electron chi connectivity index (χ1n) is 22.2. The number of aliphatic hydroxyl groups excluding tert-OH is 4. The van der Waals surface area contributed by atoms with Crippen molar-refractivity contribution >= 4 is 11.9 Å². The molecule has 60 heavy (non-hydrogen) atoms. The summed E-state index contributed by atoms with van der Waals surface area (Å²) in [6, 6.07) is 0. The molecule has 4 N–H and O–H groups in total. The zero-order valence-corrected chi connectivity index (χ0v) is 36.4. The molecule has 1 rings (SSSR count). The Morgan fingerprint density at radius 3 is 1.57 bits per heavy atom. The molecular formula is C50H76O10. The van der Waals surface area contributed by atoms with E-state index in [0.717, 1.165) is 83.5 Å². The van der Waals surface area contributed by atoms with Crippen molar-refractivity contribution in [3.05, 3.63) is 122 Å². The lowest BCUT2D eigenvalue weighted by atomic mass is 9.99. The van der Waals surface area contributed by atoms with Crippen LogP contribution in [0.5, 0.6) is 0 Å². The topological polar surface area (TPSA) is 152 Å². The van der Waals surface area contributed by atoms with Crippen LogP contribution in [0.25, 0.3) is 0 Å². The number of carbonyl (C=O) groups is 2. The molecule has 0 radical (unpaired) electrons. The highest BCUT2D eigenvalue weighted by Crippen LogP contribution is 2.22. The van der Waals surface area contributed by atoms with Gasteiger partial charge >= 0.3 is 11.9 Å². The maximum atomic E-state index is 12.7. The second kappa shape index (κ2) is 39.2. The van der Waals surface area contributed by atoms with Gasteiger partial charge in [0.25, 0.3) is 0 Å². The largest absolute Gasteiger partial charge is 0.462 e. The summed E-state index contributed by atoms with van der Waals surface area (Å²) >= 11 is 0. The average molecular weight is 837 g/mol. The molecule has 1 fully saturated rings. The summed E-state index contributed by atoms with van der Waals surface area (Å²) in [4.78, 5) is 25.3. The smallest absolute Gasteiger partial charge is 0.306 e. The number of aliphatic hydroxyl groups is 4. The van der Waals surface area contributed by atoms with Crippen LogP contribution in [0.1, 0.15) is 123 Å². The van der Waals surface area contributed by atoms with Gasteiger partial charge in [0.1, 0.15) is 31.0 Å². The number of carbonyl (C=O) groups excluding carboxylic acids is 2. The molecule has 0 aromatic rings. The van der Waals surface area contributed by atoms with E-state index in [1.165, 1.54) is 0 Å². The Morgan fingerprint density at radius 1 is 0.533 bits per heavy atom. The predicted octanol–water partition coefficient (Wildman–Crippen LogP) is 9.49. The minimum Gasteiger partial charge on any atom is -0.462 e. The Hall–Kier alpha value is -3.90. The molecule has 1 aliphatic rings. The number of ether oxygens (including phenoxy) is 4. The van der Waals surface area contributed by atoms with Crippen LogP contribution in [0, 0.1) is 0 Å². The van der Waals surface area contributed by atoms with E-state index < -0.39 is 55.4 Å². The van der Waals surface area contributed by atoms with Crippen molar-refractivity contribution in [1.82, 2.24) is 0 Å². The Labute approximate surface area is 361 Å². The van der Waals surface area contributed by atoms with E-state index in [1.54, 1.807) is 0 Å². The van der Waals surface area contributed by atoms with Crippen molar-refractivity contribution in [3.63, 3.8) is 0 Å². The standard InChI is InChI=1S/C50H76O10/c1-3-5-7-9-11-13-15-17-18-19-20-21-22-23-24-25-27-28-30-32-34-36-38-45(52)57-41-43(42-58-50-49(56)48(55)47(54)44(40-51)60-50)59-46(53)39-37-35-33-31-29-26-16-14-12-10-8-6-4-2/h5-8,10-14,16-18,20-21,23-24,26-29,43-44,47-51,54-56H,3-4,9,15,19,22,25,30-42H2,1-2H3/b7-5+,8-6+,12-10+,13-11+,16-14+,18-17+,21-20+,24-23+,28-27+,29-26+/t43?,44-,47+,48?,49?,50-/m0/s1. The maximum absolute atomic E-state index is 12.7. The second-order valence-corrected chi connectivity index (χ2v) is 14.5. The van der Waals surface area contributed by atoms with Crippen molar-refractivity contribution in [2.24, 2.45) is 0 Å². The van der Waals surface area contributed by atoms with Crippen LogP contribution in [0.4, 0.5) is 0 Å². The quantitative estimate of drug-likeness (QED) is 0.0214. The Balaban J connectivity index is 2.38. The molecule has 1 heterocycles. The van der Waals surface area contributed by atoms with Gasteiger partial charge in [-0.1, -0.05) is 148 Å². The molecule has 6 atom stereocenters.